The van der Waals surface area contributed by atoms with E-state index in [1.54, 1.807) is 0 Å². The fourth-order valence-corrected chi connectivity index (χ4v) is 8.29. The smallest absolute Gasteiger partial charge is 0.119 e. The summed E-state index contributed by atoms with van der Waals surface area (Å²) in [4.78, 5) is 0. The Balaban J connectivity index is 1.37. The summed E-state index contributed by atoms with van der Waals surface area (Å²) < 4.78 is 5.76. The van der Waals surface area contributed by atoms with Crippen LogP contribution in [0.2, 0.25) is 0 Å². The summed E-state index contributed by atoms with van der Waals surface area (Å²) in [6.07, 6.45) is 10.2. The van der Waals surface area contributed by atoms with Crippen LogP contribution in [-0.2, 0) is 6.42 Å². The number of allylic oxidation sites excluding steroid dienone is 1. The molecule has 4 heteroatoms. The number of fused-ring (bicyclic) bond motifs is 5. The Hall–Kier alpha value is -2.30. The summed E-state index contributed by atoms with van der Waals surface area (Å²) in [6.45, 7) is 2.58. The van der Waals surface area contributed by atoms with Gasteiger partial charge in [0.25, 0.3) is 0 Å². The standard InChI is InChI=1S/C32H40O4/c1-32-17-20(14-25(35)19-34)15-30(32)28-10-8-24-16-26(36-13-12-33)9-11-27(24)31(28)29(18-32)23-6-4-22(5-7-23)21-2-3-21/h4-7,9,11,14,16,20-21,28-31,33-35H,2-3,8,10,12-13,15,17-19H2,1H3/b25-14+/t20?,28?,29-,30+,31?,32+/m1/s1. The van der Waals surface area contributed by atoms with Gasteiger partial charge in [-0.05, 0) is 126 Å². The average molecular weight is 489 g/mol. The Kier molecular flexibility index (Phi) is 6.37. The van der Waals surface area contributed by atoms with Crippen molar-refractivity contribution in [2.24, 2.45) is 23.2 Å². The van der Waals surface area contributed by atoms with Gasteiger partial charge in [0, 0.05) is 0 Å². The third-order valence-corrected chi connectivity index (χ3v) is 9.86. The van der Waals surface area contributed by atoms with Gasteiger partial charge >= 0.3 is 0 Å². The molecular formula is C32H40O4. The number of hydrogen-bond donors (Lipinski definition) is 3. The van der Waals surface area contributed by atoms with Crippen molar-refractivity contribution in [3.05, 3.63) is 76.6 Å². The summed E-state index contributed by atoms with van der Waals surface area (Å²) in [5.41, 5.74) is 6.09. The van der Waals surface area contributed by atoms with Gasteiger partial charge in [0.15, 0.2) is 0 Å². The van der Waals surface area contributed by atoms with Crippen molar-refractivity contribution in [3.63, 3.8) is 0 Å². The Bertz CT molecular complexity index is 1120. The lowest BCUT2D eigenvalue weighted by atomic mass is 9.51. The second kappa shape index (κ2) is 9.54. The first-order valence-corrected chi connectivity index (χ1v) is 14.0. The second-order valence-electron chi connectivity index (χ2n) is 12.2. The molecule has 3 saturated carbocycles. The molecule has 36 heavy (non-hydrogen) atoms. The lowest BCUT2D eigenvalue weighted by molar-refractivity contribution is 0.0431. The van der Waals surface area contributed by atoms with Crippen LogP contribution in [0, 0.1) is 23.2 Å². The average Bonchev–Trinajstić information content (AvgIpc) is 3.69. The zero-order chi connectivity index (χ0) is 24.9. The molecule has 6 rings (SSSR count). The van der Waals surface area contributed by atoms with Crippen molar-refractivity contribution < 1.29 is 20.1 Å². The van der Waals surface area contributed by atoms with E-state index < -0.39 is 0 Å². The molecule has 0 amide bonds. The maximum atomic E-state index is 10.1. The fourth-order valence-electron chi connectivity index (χ4n) is 8.29. The lowest BCUT2D eigenvalue weighted by Crippen LogP contribution is -2.43. The molecule has 6 atom stereocenters. The van der Waals surface area contributed by atoms with Gasteiger partial charge in [-0.25, -0.2) is 0 Å². The minimum absolute atomic E-state index is 0.0302. The Morgan fingerprint density at radius 2 is 1.81 bits per heavy atom. The molecule has 0 radical (unpaired) electrons. The number of hydrogen-bond acceptors (Lipinski definition) is 4. The molecule has 0 aliphatic heterocycles. The highest BCUT2D eigenvalue weighted by atomic mass is 16.5. The molecule has 3 N–H and O–H groups in total. The molecule has 2 aromatic rings. The van der Waals surface area contributed by atoms with Crippen LogP contribution in [0.25, 0.3) is 0 Å². The molecule has 4 aliphatic rings. The van der Waals surface area contributed by atoms with Crippen molar-refractivity contribution in [1.82, 2.24) is 0 Å². The third kappa shape index (κ3) is 4.37. The largest absolute Gasteiger partial charge is 0.510 e. The zero-order valence-corrected chi connectivity index (χ0v) is 21.4. The van der Waals surface area contributed by atoms with E-state index in [0.717, 1.165) is 37.4 Å². The van der Waals surface area contributed by atoms with Crippen molar-refractivity contribution >= 4 is 0 Å². The predicted molar refractivity (Wildman–Crippen MR) is 141 cm³/mol. The molecular weight excluding hydrogens is 448 g/mol. The molecule has 4 aliphatic carbocycles. The minimum atomic E-state index is -0.270. The van der Waals surface area contributed by atoms with Crippen molar-refractivity contribution in [2.75, 3.05) is 19.8 Å². The van der Waals surface area contributed by atoms with Gasteiger partial charge in [-0.1, -0.05) is 37.3 Å². The van der Waals surface area contributed by atoms with Gasteiger partial charge in [0.05, 0.1) is 13.2 Å². The SMILES string of the molecule is C[C@@]12CC(/C=C(/O)CO)C[C@H]1C1CCc3cc(OCCO)ccc3C1[C@@H](c1ccc(C3CC3)cc1)C2. The van der Waals surface area contributed by atoms with Crippen molar-refractivity contribution in [3.8, 4) is 5.75 Å². The number of aliphatic hydroxyl groups excluding tert-OH is 3. The third-order valence-electron chi connectivity index (χ3n) is 9.86. The van der Waals surface area contributed by atoms with E-state index in [0.29, 0.717) is 36.2 Å². The van der Waals surface area contributed by atoms with Gasteiger partial charge in [-0.15, -0.1) is 0 Å². The molecule has 0 heterocycles. The van der Waals surface area contributed by atoms with E-state index in [-0.39, 0.29) is 24.4 Å². The fraction of sp³-hybridized carbons (Fsp3) is 0.562. The highest BCUT2D eigenvalue weighted by molar-refractivity contribution is 5.44. The van der Waals surface area contributed by atoms with E-state index in [1.165, 1.54) is 41.5 Å². The summed E-state index contributed by atoms with van der Waals surface area (Å²) >= 11 is 0. The van der Waals surface area contributed by atoms with Crippen molar-refractivity contribution in [1.29, 1.82) is 0 Å². The Labute approximate surface area is 215 Å². The summed E-state index contributed by atoms with van der Waals surface area (Å²) in [7, 11) is 0. The molecule has 192 valence electrons. The highest BCUT2D eigenvalue weighted by Crippen LogP contribution is 2.66. The molecule has 2 aromatic carbocycles. The van der Waals surface area contributed by atoms with E-state index in [1.807, 2.05) is 6.08 Å². The van der Waals surface area contributed by atoms with Crippen LogP contribution in [0.4, 0.5) is 0 Å². The molecule has 3 unspecified atom stereocenters. The number of rotatable bonds is 7. The predicted octanol–water partition coefficient (Wildman–Crippen LogP) is 6.24. The summed E-state index contributed by atoms with van der Waals surface area (Å²) in [5, 5.41) is 28.7. The van der Waals surface area contributed by atoms with E-state index in [2.05, 4.69) is 49.4 Å². The molecule has 0 spiro atoms. The topological polar surface area (TPSA) is 69.9 Å². The van der Waals surface area contributed by atoms with Crippen molar-refractivity contribution in [2.45, 2.75) is 69.6 Å². The van der Waals surface area contributed by atoms with Crippen LogP contribution in [0.3, 0.4) is 0 Å². The maximum Gasteiger partial charge on any atom is 0.119 e. The van der Waals surface area contributed by atoms with Crippen LogP contribution < -0.4 is 4.74 Å². The first-order valence-electron chi connectivity index (χ1n) is 14.0. The number of aliphatic hydroxyl groups is 3. The molecule has 0 saturated heterocycles. The summed E-state index contributed by atoms with van der Waals surface area (Å²) in [6, 6.07) is 16.2. The number of aryl methyl sites for hydroxylation is 1. The van der Waals surface area contributed by atoms with Gasteiger partial charge in [0.2, 0.25) is 0 Å². The van der Waals surface area contributed by atoms with Crippen LogP contribution in [-0.4, -0.2) is 35.1 Å². The maximum absolute atomic E-state index is 10.1. The normalized spacial score (nSPS) is 33.5. The second-order valence-corrected chi connectivity index (χ2v) is 12.2. The Morgan fingerprint density at radius 3 is 2.53 bits per heavy atom. The van der Waals surface area contributed by atoms with Crippen LogP contribution in [0.1, 0.15) is 85.5 Å². The molecule has 0 aromatic heterocycles. The van der Waals surface area contributed by atoms with E-state index >= 15 is 0 Å². The monoisotopic (exact) mass is 488 g/mol. The van der Waals surface area contributed by atoms with E-state index in [4.69, 9.17) is 4.74 Å². The van der Waals surface area contributed by atoms with Gasteiger partial charge in [-0.2, -0.15) is 0 Å². The van der Waals surface area contributed by atoms with Gasteiger partial charge < -0.3 is 20.1 Å². The molecule has 0 bridgehead atoms. The van der Waals surface area contributed by atoms with Crippen LogP contribution in [0.5, 0.6) is 5.75 Å². The number of ether oxygens (including phenoxy) is 1. The quantitative estimate of drug-likeness (QED) is 0.404. The molecule has 3 fully saturated rings. The summed E-state index contributed by atoms with van der Waals surface area (Å²) in [5.74, 6) is 4.28. The Morgan fingerprint density at radius 1 is 1.03 bits per heavy atom. The highest BCUT2D eigenvalue weighted by Gasteiger charge is 2.56. The molecule has 4 nitrogen and oxygen atoms in total. The van der Waals surface area contributed by atoms with Crippen LogP contribution in [0.15, 0.2) is 54.3 Å². The van der Waals surface area contributed by atoms with Crippen LogP contribution >= 0.6 is 0 Å². The zero-order valence-electron chi connectivity index (χ0n) is 21.4. The first kappa shape index (κ1) is 24.1. The first-order chi connectivity index (χ1) is 17.5. The van der Waals surface area contributed by atoms with Gasteiger partial charge in [-0.3, -0.25) is 0 Å². The number of benzene rings is 2. The van der Waals surface area contributed by atoms with E-state index in [9.17, 15) is 15.3 Å². The van der Waals surface area contributed by atoms with Gasteiger partial charge in [0.1, 0.15) is 18.1 Å². The lowest BCUT2D eigenvalue weighted by Gasteiger charge is -2.53. The minimum Gasteiger partial charge on any atom is -0.510 e.